The number of aliphatic hydroxyl groups excluding tert-OH is 2. The van der Waals surface area contributed by atoms with E-state index in [4.69, 9.17) is 15.9 Å². The number of rotatable bonds is 8. The van der Waals surface area contributed by atoms with E-state index in [9.17, 15) is 0 Å². The molecule has 0 bridgehead atoms. The van der Waals surface area contributed by atoms with Crippen molar-refractivity contribution < 1.29 is 10.2 Å². The Morgan fingerprint density at radius 3 is 2.39 bits per heavy atom. The van der Waals surface area contributed by atoms with E-state index in [1.807, 2.05) is 30.0 Å². The second kappa shape index (κ2) is 7.92. The summed E-state index contributed by atoms with van der Waals surface area (Å²) < 4.78 is 0. The molecule has 0 amide bonds. The van der Waals surface area contributed by atoms with Gasteiger partial charge in [-0.3, -0.25) is 4.90 Å². The third kappa shape index (κ3) is 4.91. The largest absolute Gasteiger partial charge is 0.399 e. The second-order valence-corrected chi connectivity index (χ2v) is 4.29. The number of benzene rings is 1. The first kappa shape index (κ1) is 14.8. The fraction of sp³-hybridized carbons (Fsp3) is 0.538. The molecule has 18 heavy (non-hydrogen) atoms. The summed E-state index contributed by atoms with van der Waals surface area (Å²) in [4.78, 5) is 2.01. The Balaban J connectivity index is 2.37. The van der Waals surface area contributed by atoms with Crippen molar-refractivity contribution in [2.24, 2.45) is 0 Å². The van der Waals surface area contributed by atoms with Crippen LogP contribution < -0.4 is 11.1 Å². The third-order valence-corrected chi connectivity index (χ3v) is 2.86. The van der Waals surface area contributed by atoms with Gasteiger partial charge < -0.3 is 21.3 Å². The molecule has 102 valence electrons. The van der Waals surface area contributed by atoms with Gasteiger partial charge in [0.05, 0.1) is 13.2 Å². The Morgan fingerprint density at radius 1 is 1.17 bits per heavy atom. The first-order valence-electron chi connectivity index (χ1n) is 6.21. The van der Waals surface area contributed by atoms with E-state index < -0.39 is 0 Å². The topological polar surface area (TPSA) is 81.8 Å². The first-order chi connectivity index (χ1) is 8.67. The molecule has 0 atom stereocenters. The van der Waals surface area contributed by atoms with Gasteiger partial charge in [-0.05, 0) is 30.7 Å². The van der Waals surface area contributed by atoms with Crippen molar-refractivity contribution in [2.75, 3.05) is 50.4 Å². The Morgan fingerprint density at radius 2 is 1.83 bits per heavy atom. The zero-order valence-electron chi connectivity index (χ0n) is 10.9. The lowest BCUT2D eigenvalue weighted by Gasteiger charge is -2.20. The molecule has 0 aliphatic rings. The van der Waals surface area contributed by atoms with Crippen molar-refractivity contribution in [3.05, 3.63) is 23.8 Å². The molecule has 0 aromatic heterocycles. The Bertz CT molecular complexity index is 352. The molecule has 0 fully saturated rings. The van der Waals surface area contributed by atoms with Crippen LogP contribution in [0.15, 0.2) is 18.2 Å². The van der Waals surface area contributed by atoms with Gasteiger partial charge in [-0.2, -0.15) is 0 Å². The van der Waals surface area contributed by atoms with Crippen LogP contribution >= 0.6 is 0 Å². The zero-order chi connectivity index (χ0) is 13.4. The maximum Gasteiger partial charge on any atom is 0.0558 e. The summed E-state index contributed by atoms with van der Waals surface area (Å²) in [6.45, 7) is 4.92. The number of nitrogens with zero attached hydrogens (tertiary/aromatic N) is 1. The number of hydrogen-bond acceptors (Lipinski definition) is 5. The molecule has 1 aromatic carbocycles. The van der Waals surface area contributed by atoms with E-state index in [-0.39, 0.29) is 13.2 Å². The minimum absolute atomic E-state index is 0.112. The summed E-state index contributed by atoms with van der Waals surface area (Å²) in [5.74, 6) is 0. The fourth-order valence-corrected chi connectivity index (χ4v) is 1.76. The van der Waals surface area contributed by atoms with Crippen LogP contribution in [0.4, 0.5) is 11.4 Å². The number of aliphatic hydroxyl groups is 2. The van der Waals surface area contributed by atoms with Crippen molar-refractivity contribution in [3.8, 4) is 0 Å². The third-order valence-electron chi connectivity index (χ3n) is 2.86. The normalized spacial score (nSPS) is 10.9. The van der Waals surface area contributed by atoms with Crippen LogP contribution in [-0.2, 0) is 0 Å². The summed E-state index contributed by atoms with van der Waals surface area (Å²) in [6, 6.07) is 5.85. The van der Waals surface area contributed by atoms with E-state index in [0.717, 1.165) is 30.0 Å². The minimum atomic E-state index is 0.112. The molecule has 1 rings (SSSR count). The van der Waals surface area contributed by atoms with Crippen LogP contribution in [-0.4, -0.2) is 54.5 Å². The van der Waals surface area contributed by atoms with Gasteiger partial charge in [-0.1, -0.05) is 0 Å². The van der Waals surface area contributed by atoms with E-state index >= 15 is 0 Å². The highest BCUT2D eigenvalue weighted by atomic mass is 16.3. The van der Waals surface area contributed by atoms with Gasteiger partial charge in [0.2, 0.25) is 0 Å². The molecule has 0 saturated heterocycles. The summed E-state index contributed by atoms with van der Waals surface area (Å²) >= 11 is 0. The van der Waals surface area contributed by atoms with Gasteiger partial charge in [0.25, 0.3) is 0 Å². The van der Waals surface area contributed by atoms with E-state index in [1.54, 1.807) is 0 Å². The van der Waals surface area contributed by atoms with E-state index in [0.29, 0.717) is 13.1 Å². The first-order valence-corrected chi connectivity index (χ1v) is 6.21. The number of nitrogens with one attached hydrogen (secondary N) is 1. The van der Waals surface area contributed by atoms with Crippen molar-refractivity contribution in [1.82, 2.24) is 4.90 Å². The van der Waals surface area contributed by atoms with Crippen LogP contribution in [0.3, 0.4) is 0 Å². The molecule has 0 aliphatic carbocycles. The number of aryl methyl sites for hydroxylation is 1. The molecular weight excluding hydrogens is 230 g/mol. The van der Waals surface area contributed by atoms with Crippen LogP contribution in [0.1, 0.15) is 5.56 Å². The summed E-state index contributed by atoms with van der Waals surface area (Å²) in [7, 11) is 0. The van der Waals surface area contributed by atoms with Crippen LogP contribution in [0.5, 0.6) is 0 Å². The van der Waals surface area contributed by atoms with Gasteiger partial charge in [0.15, 0.2) is 0 Å². The summed E-state index contributed by atoms with van der Waals surface area (Å²) in [5.41, 5.74) is 8.64. The number of anilines is 2. The zero-order valence-corrected chi connectivity index (χ0v) is 10.9. The number of nitrogens with two attached hydrogens (primary N) is 1. The monoisotopic (exact) mass is 253 g/mol. The lowest BCUT2D eigenvalue weighted by Crippen LogP contribution is -2.34. The number of nitrogen functional groups attached to an aromatic ring is 1. The maximum atomic E-state index is 8.89. The highest BCUT2D eigenvalue weighted by molar-refractivity contribution is 5.56. The molecule has 0 unspecified atom stereocenters. The summed E-state index contributed by atoms with van der Waals surface area (Å²) in [5, 5.41) is 21.1. The van der Waals surface area contributed by atoms with E-state index in [2.05, 4.69) is 5.32 Å². The Hall–Kier alpha value is -1.30. The SMILES string of the molecule is Cc1cc(NCCN(CCO)CCO)ccc1N. The molecular formula is C13H23N3O2. The summed E-state index contributed by atoms with van der Waals surface area (Å²) in [6.07, 6.45) is 0. The van der Waals surface area contributed by atoms with Crippen molar-refractivity contribution in [2.45, 2.75) is 6.92 Å². The standard InChI is InChI=1S/C13H23N3O2/c1-11-10-12(2-3-13(11)14)15-4-5-16(6-8-17)7-9-18/h2-3,10,15,17-18H,4-9,14H2,1H3. The molecule has 0 radical (unpaired) electrons. The van der Waals surface area contributed by atoms with Crippen LogP contribution in [0.25, 0.3) is 0 Å². The molecule has 0 saturated carbocycles. The van der Waals surface area contributed by atoms with Gasteiger partial charge in [0.1, 0.15) is 0 Å². The smallest absolute Gasteiger partial charge is 0.0558 e. The predicted molar refractivity (Wildman–Crippen MR) is 74.7 cm³/mol. The molecule has 5 N–H and O–H groups in total. The van der Waals surface area contributed by atoms with Gasteiger partial charge in [0, 0.05) is 37.6 Å². The van der Waals surface area contributed by atoms with Crippen molar-refractivity contribution in [3.63, 3.8) is 0 Å². The molecule has 5 nitrogen and oxygen atoms in total. The molecule has 0 heterocycles. The predicted octanol–water partition coefficient (Wildman–Crippen LogP) is 0.276. The highest BCUT2D eigenvalue weighted by Gasteiger charge is 2.03. The van der Waals surface area contributed by atoms with E-state index in [1.165, 1.54) is 0 Å². The number of hydrogen-bond donors (Lipinski definition) is 4. The molecule has 0 aliphatic heterocycles. The van der Waals surface area contributed by atoms with Crippen molar-refractivity contribution >= 4 is 11.4 Å². The van der Waals surface area contributed by atoms with Crippen molar-refractivity contribution in [1.29, 1.82) is 0 Å². The lowest BCUT2D eigenvalue weighted by molar-refractivity contribution is 0.165. The van der Waals surface area contributed by atoms with Gasteiger partial charge >= 0.3 is 0 Å². The Kier molecular flexibility index (Phi) is 6.49. The second-order valence-electron chi connectivity index (χ2n) is 4.29. The molecule has 0 spiro atoms. The average Bonchev–Trinajstić information content (AvgIpc) is 2.34. The quantitative estimate of drug-likeness (QED) is 0.500. The maximum absolute atomic E-state index is 8.89. The van der Waals surface area contributed by atoms with Crippen LogP contribution in [0, 0.1) is 6.92 Å². The average molecular weight is 253 g/mol. The minimum Gasteiger partial charge on any atom is -0.399 e. The molecule has 5 heteroatoms. The van der Waals surface area contributed by atoms with Gasteiger partial charge in [-0.25, -0.2) is 0 Å². The molecule has 1 aromatic rings. The Labute approximate surface area is 108 Å². The van der Waals surface area contributed by atoms with Gasteiger partial charge in [-0.15, -0.1) is 0 Å². The fourth-order valence-electron chi connectivity index (χ4n) is 1.76. The highest BCUT2D eigenvalue weighted by Crippen LogP contribution is 2.16. The lowest BCUT2D eigenvalue weighted by atomic mass is 10.2. The van der Waals surface area contributed by atoms with Crippen LogP contribution in [0.2, 0.25) is 0 Å².